The van der Waals surface area contributed by atoms with Crippen molar-refractivity contribution in [2.75, 3.05) is 13.7 Å². The van der Waals surface area contributed by atoms with Crippen molar-refractivity contribution in [1.29, 1.82) is 0 Å². The van der Waals surface area contributed by atoms with Crippen molar-refractivity contribution in [3.63, 3.8) is 0 Å². The number of nitrogens with two attached hydrogens (primary N) is 1. The highest BCUT2D eigenvalue weighted by Crippen LogP contribution is 2.32. The number of rotatable bonds is 4. The number of hydrogen-bond acceptors (Lipinski definition) is 2. The van der Waals surface area contributed by atoms with Crippen molar-refractivity contribution in [3.05, 3.63) is 29.6 Å². The average molecular weight is 251 g/mol. The van der Waals surface area contributed by atoms with Gasteiger partial charge in [-0.1, -0.05) is 18.9 Å². The largest absolute Gasteiger partial charge is 0.494 e. The van der Waals surface area contributed by atoms with E-state index in [1.54, 1.807) is 12.1 Å². The van der Waals surface area contributed by atoms with Crippen LogP contribution in [0.15, 0.2) is 18.2 Å². The lowest BCUT2D eigenvalue weighted by Crippen LogP contribution is -2.28. The molecule has 1 aliphatic carbocycles. The van der Waals surface area contributed by atoms with Crippen LogP contribution in [0.2, 0.25) is 0 Å². The maximum Gasteiger partial charge on any atom is 0.165 e. The van der Waals surface area contributed by atoms with E-state index < -0.39 is 0 Å². The molecule has 0 aromatic heterocycles. The van der Waals surface area contributed by atoms with Crippen LogP contribution < -0.4 is 10.5 Å². The Morgan fingerprint density at radius 2 is 2.00 bits per heavy atom. The average Bonchev–Trinajstić information content (AvgIpc) is 2.39. The fourth-order valence-corrected chi connectivity index (χ4v) is 3.00. The van der Waals surface area contributed by atoms with E-state index in [4.69, 9.17) is 10.5 Å². The van der Waals surface area contributed by atoms with E-state index >= 15 is 0 Å². The Morgan fingerprint density at radius 3 is 2.61 bits per heavy atom. The summed E-state index contributed by atoms with van der Waals surface area (Å²) in [7, 11) is 1.49. The maximum atomic E-state index is 13.6. The van der Waals surface area contributed by atoms with Gasteiger partial charge in [0, 0.05) is 0 Å². The molecule has 0 heterocycles. The van der Waals surface area contributed by atoms with Crippen molar-refractivity contribution in [3.8, 4) is 5.75 Å². The number of benzene rings is 1. The quantitative estimate of drug-likeness (QED) is 0.892. The number of methoxy groups -OCH3 is 1. The highest BCUT2D eigenvalue weighted by atomic mass is 19.1. The van der Waals surface area contributed by atoms with Gasteiger partial charge in [0.05, 0.1) is 7.11 Å². The van der Waals surface area contributed by atoms with Crippen molar-refractivity contribution in [2.24, 2.45) is 17.6 Å². The summed E-state index contributed by atoms with van der Waals surface area (Å²) >= 11 is 0. The van der Waals surface area contributed by atoms with Gasteiger partial charge in [0.1, 0.15) is 0 Å². The van der Waals surface area contributed by atoms with E-state index in [0.717, 1.165) is 18.5 Å². The van der Waals surface area contributed by atoms with Crippen LogP contribution in [0.3, 0.4) is 0 Å². The predicted octanol–water partition coefficient (Wildman–Crippen LogP) is 3.14. The molecule has 2 nitrogen and oxygen atoms in total. The summed E-state index contributed by atoms with van der Waals surface area (Å²) in [5.41, 5.74) is 6.88. The van der Waals surface area contributed by atoms with Gasteiger partial charge in [-0.05, 0) is 55.3 Å². The molecule has 0 bridgehead atoms. The van der Waals surface area contributed by atoms with E-state index in [1.165, 1.54) is 32.8 Å². The van der Waals surface area contributed by atoms with Crippen LogP contribution in [-0.4, -0.2) is 13.7 Å². The Morgan fingerprint density at radius 1 is 1.28 bits per heavy atom. The molecule has 0 aliphatic heterocycles. The number of ether oxygens (including phenoxy) is 1. The summed E-state index contributed by atoms with van der Waals surface area (Å²) < 4.78 is 18.6. The third kappa shape index (κ3) is 3.02. The Balaban J connectivity index is 2.05. The van der Waals surface area contributed by atoms with Crippen molar-refractivity contribution in [2.45, 2.75) is 32.1 Å². The van der Waals surface area contributed by atoms with E-state index in [0.29, 0.717) is 17.6 Å². The summed E-state index contributed by atoms with van der Waals surface area (Å²) in [5, 5.41) is 0. The molecule has 0 spiro atoms. The Hall–Kier alpha value is -1.09. The molecule has 18 heavy (non-hydrogen) atoms. The van der Waals surface area contributed by atoms with Gasteiger partial charge < -0.3 is 10.5 Å². The second-order valence-electron chi connectivity index (χ2n) is 5.21. The summed E-state index contributed by atoms with van der Waals surface area (Å²) in [4.78, 5) is 0. The molecule has 1 saturated carbocycles. The predicted molar refractivity (Wildman–Crippen MR) is 71.2 cm³/mol. The molecule has 2 N–H and O–H groups in total. The minimum absolute atomic E-state index is 0.268. The zero-order chi connectivity index (χ0) is 13.0. The molecule has 0 amide bonds. The fraction of sp³-hybridized carbons (Fsp3) is 0.600. The van der Waals surface area contributed by atoms with Crippen LogP contribution in [0, 0.1) is 17.7 Å². The molecular formula is C15H22FNO. The highest BCUT2D eigenvalue weighted by Gasteiger charge is 2.24. The third-order valence-corrected chi connectivity index (χ3v) is 4.08. The lowest BCUT2D eigenvalue weighted by molar-refractivity contribution is 0.242. The number of hydrogen-bond donors (Lipinski definition) is 1. The van der Waals surface area contributed by atoms with Gasteiger partial charge in [0.25, 0.3) is 0 Å². The molecular weight excluding hydrogens is 229 g/mol. The van der Waals surface area contributed by atoms with Crippen molar-refractivity contribution < 1.29 is 9.13 Å². The van der Waals surface area contributed by atoms with Gasteiger partial charge in [-0.2, -0.15) is 0 Å². The van der Waals surface area contributed by atoms with Crippen molar-refractivity contribution in [1.82, 2.24) is 0 Å². The van der Waals surface area contributed by atoms with Crippen LogP contribution in [0.5, 0.6) is 5.75 Å². The Bertz CT molecular complexity index is 394. The molecule has 1 aromatic carbocycles. The van der Waals surface area contributed by atoms with Gasteiger partial charge in [-0.25, -0.2) is 4.39 Å². The maximum absolute atomic E-state index is 13.6. The smallest absolute Gasteiger partial charge is 0.165 e. The normalized spacial score (nSPS) is 23.9. The van der Waals surface area contributed by atoms with E-state index in [2.05, 4.69) is 0 Å². The van der Waals surface area contributed by atoms with Gasteiger partial charge in [-0.3, -0.25) is 0 Å². The van der Waals surface area contributed by atoms with Crippen LogP contribution in [-0.2, 0) is 6.42 Å². The van der Waals surface area contributed by atoms with E-state index in [1.807, 2.05) is 6.07 Å². The molecule has 2 unspecified atom stereocenters. The van der Waals surface area contributed by atoms with E-state index in [9.17, 15) is 4.39 Å². The fourth-order valence-electron chi connectivity index (χ4n) is 3.00. The first-order chi connectivity index (χ1) is 8.74. The zero-order valence-corrected chi connectivity index (χ0v) is 11.0. The van der Waals surface area contributed by atoms with E-state index in [-0.39, 0.29) is 5.82 Å². The molecule has 2 rings (SSSR count). The van der Waals surface area contributed by atoms with Gasteiger partial charge >= 0.3 is 0 Å². The second kappa shape index (κ2) is 6.19. The SMILES string of the molecule is COc1ccc(CC2CCCCC2CN)cc1F. The van der Waals surface area contributed by atoms with Gasteiger partial charge in [0.2, 0.25) is 0 Å². The summed E-state index contributed by atoms with van der Waals surface area (Å²) in [6, 6.07) is 5.27. The topological polar surface area (TPSA) is 35.2 Å². The number of halogens is 1. The molecule has 0 radical (unpaired) electrons. The minimum atomic E-state index is -0.268. The zero-order valence-electron chi connectivity index (χ0n) is 11.0. The van der Waals surface area contributed by atoms with Crippen molar-refractivity contribution >= 4 is 0 Å². The summed E-state index contributed by atoms with van der Waals surface area (Å²) in [5.74, 6) is 1.26. The lowest BCUT2D eigenvalue weighted by atomic mass is 9.76. The summed E-state index contributed by atoms with van der Waals surface area (Å²) in [6.07, 6.45) is 5.94. The molecule has 1 aliphatic rings. The lowest BCUT2D eigenvalue weighted by Gasteiger charge is -2.30. The molecule has 2 atom stereocenters. The minimum Gasteiger partial charge on any atom is -0.494 e. The van der Waals surface area contributed by atoms with Gasteiger partial charge in [-0.15, -0.1) is 0 Å². The summed E-state index contributed by atoms with van der Waals surface area (Å²) in [6.45, 7) is 0.753. The van der Waals surface area contributed by atoms with Crippen LogP contribution >= 0.6 is 0 Å². The highest BCUT2D eigenvalue weighted by molar-refractivity contribution is 5.29. The Labute approximate surface area is 108 Å². The standard InChI is InChI=1S/C15H22FNO/c1-18-15-7-6-11(9-14(15)16)8-12-4-2-3-5-13(12)10-17/h6-7,9,12-13H,2-5,8,10,17H2,1H3. The Kier molecular flexibility index (Phi) is 4.59. The first-order valence-electron chi connectivity index (χ1n) is 6.77. The molecule has 1 aromatic rings. The monoisotopic (exact) mass is 251 g/mol. The molecule has 100 valence electrons. The molecule has 3 heteroatoms. The van der Waals surface area contributed by atoms with Crippen LogP contribution in [0.1, 0.15) is 31.2 Å². The first-order valence-corrected chi connectivity index (χ1v) is 6.77. The van der Waals surface area contributed by atoms with Crippen LogP contribution in [0.25, 0.3) is 0 Å². The first kappa shape index (κ1) is 13.3. The second-order valence-corrected chi connectivity index (χ2v) is 5.21. The molecule has 1 fully saturated rings. The van der Waals surface area contributed by atoms with Gasteiger partial charge in [0.15, 0.2) is 11.6 Å². The third-order valence-electron chi connectivity index (χ3n) is 4.08. The molecule has 0 saturated heterocycles. The van der Waals surface area contributed by atoms with Crippen LogP contribution in [0.4, 0.5) is 4.39 Å².